The minimum atomic E-state index is -1.48. The van der Waals surface area contributed by atoms with Crippen molar-refractivity contribution in [3.63, 3.8) is 0 Å². The molecule has 3 aromatic rings. The van der Waals surface area contributed by atoms with Gasteiger partial charge in [-0.1, -0.05) is 83.1 Å². The molecule has 0 aliphatic carbocycles. The fraction of sp³-hybridized carbons (Fsp3) is 0.667. The van der Waals surface area contributed by atoms with Crippen molar-refractivity contribution in [3.8, 4) is 0 Å². The second-order valence-corrected chi connectivity index (χ2v) is 13.2. The minimum absolute atomic E-state index is 0.141. The molecule has 3 aromatic heterocycles. The standard InChI is InChI=1S/C27H42N9P/c1-13(2)19-28-20(14(3)4)32-25(31-19)37(26-33-21(15(5)6)29-22(34-26)16(7)8)27-35-23(17(9)10)30-24(36-27)18(11)12/h13-18H,1-12H3. The van der Waals surface area contributed by atoms with Gasteiger partial charge in [-0.25, -0.2) is 44.9 Å². The maximum Gasteiger partial charge on any atom is 0.170 e. The molecule has 10 heteroatoms. The Hall–Kier alpha value is -2.54. The SMILES string of the molecule is CC(C)c1nc(C(C)C)nc(P(c2nc(C(C)C)nc(C(C)C)n2)c2nc(C(C)C)nc(C(C)C)n2)n1. The molecule has 200 valence electrons. The molecule has 0 saturated carbocycles. The Morgan fingerprint density at radius 1 is 0.297 bits per heavy atom. The maximum absolute atomic E-state index is 4.97. The number of nitrogens with zero attached hydrogens (tertiary/aromatic N) is 9. The van der Waals surface area contributed by atoms with Gasteiger partial charge in [0.2, 0.25) is 0 Å². The van der Waals surface area contributed by atoms with Crippen LogP contribution in [0.2, 0.25) is 0 Å². The van der Waals surface area contributed by atoms with Gasteiger partial charge in [-0.05, 0) is 0 Å². The lowest BCUT2D eigenvalue weighted by molar-refractivity contribution is 0.698. The smallest absolute Gasteiger partial charge is 0.170 e. The summed E-state index contributed by atoms with van der Waals surface area (Å²) in [7, 11) is -1.48. The third-order valence-corrected chi connectivity index (χ3v) is 7.47. The van der Waals surface area contributed by atoms with Crippen LogP contribution in [0.25, 0.3) is 0 Å². The first kappa shape index (κ1) is 29.0. The third kappa shape index (κ3) is 6.86. The average Bonchev–Trinajstić information content (AvgIpc) is 2.83. The zero-order chi connectivity index (χ0) is 27.6. The highest BCUT2D eigenvalue weighted by Crippen LogP contribution is 2.31. The molecule has 3 heterocycles. The molecular formula is C27H42N9P. The van der Waals surface area contributed by atoms with Gasteiger partial charge in [0.1, 0.15) is 42.9 Å². The summed E-state index contributed by atoms with van der Waals surface area (Å²) in [6, 6.07) is 0. The molecule has 0 N–H and O–H groups in total. The van der Waals surface area contributed by atoms with Gasteiger partial charge in [-0.3, -0.25) is 0 Å². The van der Waals surface area contributed by atoms with Gasteiger partial charge in [0.15, 0.2) is 16.7 Å². The largest absolute Gasteiger partial charge is 0.217 e. The fourth-order valence-corrected chi connectivity index (χ4v) is 5.06. The predicted octanol–water partition coefficient (Wildman–Crippen LogP) is 4.74. The monoisotopic (exact) mass is 523 g/mol. The van der Waals surface area contributed by atoms with E-state index in [2.05, 4.69) is 83.1 Å². The molecule has 0 amide bonds. The van der Waals surface area contributed by atoms with Crippen molar-refractivity contribution < 1.29 is 0 Å². The maximum atomic E-state index is 4.97. The van der Waals surface area contributed by atoms with Crippen molar-refractivity contribution in [1.29, 1.82) is 0 Å². The molecule has 0 unspecified atom stereocenters. The van der Waals surface area contributed by atoms with E-state index in [4.69, 9.17) is 44.9 Å². The number of hydrogen-bond donors (Lipinski definition) is 0. The van der Waals surface area contributed by atoms with E-state index in [0.29, 0.717) is 16.7 Å². The van der Waals surface area contributed by atoms with Gasteiger partial charge in [0.25, 0.3) is 0 Å². The van der Waals surface area contributed by atoms with Gasteiger partial charge >= 0.3 is 0 Å². The summed E-state index contributed by atoms with van der Waals surface area (Å²) < 4.78 is 0. The van der Waals surface area contributed by atoms with Crippen LogP contribution in [0.3, 0.4) is 0 Å². The summed E-state index contributed by atoms with van der Waals surface area (Å²) in [4.78, 5) is 44.1. The number of aromatic nitrogens is 9. The molecule has 0 radical (unpaired) electrons. The number of rotatable bonds is 9. The van der Waals surface area contributed by atoms with Crippen LogP contribution < -0.4 is 16.7 Å². The Labute approximate surface area is 223 Å². The van der Waals surface area contributed by atoms with Crippen LogP contribution in [0.15, 0.2) is 0 Å². The first-order chi connectivity index (χ1) is 17.3. The molecule has 0 aliphatic rings. The lowest BCUT2D eigenvalue weighted by Gasteiger charge is -2.20. The molecule has 0 spiro atoms. The van der Waals surface area contributed by atoms with Gasteiger partial charge in [0.05, 0.1) is 0 Å². The molecule has 0 saturated heterocycles. The summed E-state index contributed by atoms with van der Waals surface area (Å²) >= 11 is 0. The van der Waals surface area contributed by atoms with Crippen LogP contribution >= 0.6 is 7.92 Å². The fourth-order valence-electron chi connectivity index (χ4n) is 3.31. The zero-order valence-corrected chi connectivity index (χ0v) is 25.3. The molecular weight excluding hydrogens is 481 g/mol. The lowest BCUT2D eigenvalue weighted by Crippen LogP contribution is -2.36. The van der Waals surface area contributed by atoms with Crippen molar-refractivity contribution in [3.05, 3.63) is 34.9 Å². The van der Waals surface area contributed by atoms with Gasteiger partial charge in [-0.2, -0.15) is 0 Å². The van der Waals surface area contributed by atoms with Crippen molar-refractivity contribution in [2.24, 2.45) is 0 Å². The minimum Gasteiger partial charge on any atom is -0.217 e. The van der Waals surface area contributed by atoms with E-state index in [1.807, 2.05) is 0 Å². The molecule has 0 aliphatic heterocycles. The van der Waals surface area contributed by atoms with E-state index in [1.54, 1.807) is 0 Å². The average molecular weight is 524 g/mol. The quantitative estimate of drug-likeness (QED) is 0.367. The zero-order valence-electron chi connectivity index (χ0n) is 24.4. The van der Waals surface area contributed by atoms with Crippen molar-refractivity contribution >= 4 is 24.6 Å². The van der Waals surface area contributed by atoms with E-state index in [0.717, 1.165) is 34.9 Å². The third-order valence-electron chi connectivity index (χ3n) is 5.67. The molecule has 37 heavy (non-hydrogen) atoms. The highest BCUT2D eigenvalue weighted by atomic mass is 31.1. The Morgan fingerprint density at radius 3 is 0.595 bits per heavy atom. The second kappa shape index (κ2) is 11.9. The summed E-state index contributed by atoms with van der Waals surface area (Å²) in [5, 5.41) is 0. The summed E-state index contributed by atoms with van der Waals surface area (Å²) in [6.07, 6.45) is 0. The lowest BCUT2D eigenvalue weighted by atomic mass is 10.2. The second-order valence-electron chi connectivity index (χ2n) is 11.3. The summed E-state index contributed by atoms with van der Waals surface area (Å²) in [6.45, 7) is 25.2. The Bertz CT molecular complexity index is 993. The van der Waals surface area contributed by atoms with Crippen LogP contribution in [-0.2, 0) is 0 Å². The first-order valence-electron chi connectivity index (χ1n) is 13.4. The van der Waals surface area contributed by atoms with E-state index in [-0.39, 0.29) is 35.5 Å². The van der Waals surface area contributed by atoms with Crippen LogP contribution in [0.1, 0.15) is 154 Å². The summed E-state index contributed by atoms with van der Waals surface area (Å²) in [5.41, 5.74) is 1.89. The van der Waals surface area contributed by atoms with Crippen molar-refractivity contribution in [2.75, 3.05) is 0 Å². The highest BCUT2D eigenvalue weighted by molar-refractivity contribution is 7.78. The van der Waals surface area contributed by atoms with E-state index >= 15 is 0 Å². The Kier molecular flexibility index (Phi) is 9.32. The Balaban J connectivity index is 2.43. The van der Waals surface area contributed by atoms with Gasteiger partial charge in [0, 0.05) is 35.5 Å². The predicted molar refractivity (Wildman–Crippen MR) is 150 cm³/mol. The number of hydrogen-bond acceptors (Lipinski definition) is 9. The van der Waals surface area contributed by atoms with Crippen LogP contribution in [-0.4, -0.2) is 44.9 Å². The Morgan fingerprint density at radius 2 is 0.459 bits per heavy atom. The van der Waals surface area contributed by atoms with E-state index in [9.17, 15) is 0 Å². The highest BCUT2D eigenvalue weighted by Gasteiger charge is 2.31. The van der Waals surface area contributed by atoms with Gasteiger partial charge < -0.3 is 0 Å². The van der Waals surface area contributed by atoms with Crippen LogP contribution in [0.4, 0.5) is 0 Å². The van der Waals surface area contributed by atoms with E-state index < -0.39 is 7.92 Å². The molecule has 0 atom stereocenters. The van der Waals surface area contributed by atoms with E-state index in [1.165, 1.54) is 0 Å². The molecule has 0 aromatic carbocycles. The van der Waals surface area contributed by atoms with Crippen LogP contribution in [0.5, 0.6) is 0 Å². The van der Waals surface area contributed by atoms with Crippen molar-refractivity contribution in [1.82, 2.24) is 44.9 Å². The molecule has 0 bridgehead atoms. The van der Waals surface area contributed by atoms with Gasteiger partial charge in [-0.15, -0.1) is 0 Å². The molecule has 3 rings (SSSR count). The van der Waals surface area contributed by atoms with Crippen LogP contribution in [0, 0.1) is 0 Å². The normalized spacial score (nSPS) is 12.4. The summed E-state index contributed by atoms with van der Waals surface area (Å²) in [5.74, 6) is 5.38. The van der Waals surface area contributed by atoms with Crippen molar-refractivity contribution in [2.45, 2.75) is 119 Å². The molecule has 9 nitrogen and oxygen atoms in total. The molecule has 0 fully saturated rings. The topological polar surface area (TPSA) is 116 Å². The first-order valence-corrected chi connectivity index (χ1v) is 14.7.